The minimum atomic E-state index is -0.472. The topological polar surface area (TPSA) is 62.3 Å². The number of pyridine rings is 1. The molecule has 1 aliphatic heterocycles. The number of carbonyl (C=O) groups is 2. The second kappa shape index (κ2) is 8.79. The molecule has 1 N–H and O–H groups in total. The average Bonchev–Trinajstić information content (AvgIpc) is 3.29. The third-order valence-electron chi connectivity index (χ3n) is 5.29. The molecular weight excluding hydrogens is 394 g/mol. The summed E-state index contributed by atoms with van der Waals surface area (Å²) in [4.78, 5) is 34.1. The van der Waals surface area contributed by atoms with Gasteiger partial charge >= 0.3 is 0 Å². The van der Waals surface area contributed by atoms with Crippen molar-refractivity contribution in [2.45, 2.75) is 32.4 Å². The Labute approximate surface area is 180 Å². The summed E-state index contributed by atoms with van der Waals surface area (Å²) in [5.74, 6) is -0.279. The van der Waals surface area contributed by atoms with Crippen molar-refractivity contribution in [3.05, 3.63) is 87.9 Å². The smallest absolute Gasteiger partial charge is 0.254 e. The summed E-state index contributed by atoms with van der Waals surface area (Å²) in [6, 6.07) is 16.8. The summed E-state index contributed by atoms with van der Waals surface area (Å²) in [7, 11) is 0. The predicted octanol–water partition coefficient (Wildman–Crippen LogP) is 4.40. The van der Waals surface area contributed by atoms with Crippen LogP contribution in [0.3, 0.4) is 0 Å². The molecule has 2 atom stereocenters. The van der Waals surface area contributed by atoms with Crippen molar-refractivity contribution in [3.63, 3.8) is 0 Å². The number of aromatic nitrogens is 1. The van der Waals surface area contributed by atoms with Gasteiger partial charge in [0, 0.05) is 23.2 Å². The Bertz CT molecular complexity index is 1020. The average molecular weight is 420 g/mol. The molecule has 154 valence electrons. The Balaban J connectivity index is 1.74. The first-order valence-electron chi connectivity index (χ1n) is 10.2. The van der Waals surface area contributed by atoms with Gasteiger partial charge in [0.25, 0.3) is 5.91 Å². The molecule has 0 unspecified atom stereocenters. The molecule has 0 saturated heterocycles. The number of thiophene rings is 1. The number of amides is 2. The summed E-state index contributed by atoms with van der Waals surface area (Å²) < 4.78 is 0. The van der Waals surface area contributed by atoms with Gasteiger partial charge in [0.1, 0.15) is 0 Å². The van der Waals surface area contributed by atoms with Gasteiger partial charge < -0.3 is 10.2 Å². The third-order valence-corrected chi connectivity index (χ3v) is 6.23. The standard InChI is InChI=1S/C24H25N3O2S/c1-16(2)15-27-22(20-11-7-13-30-20)21(18-9-3-4-10-19(18)24(27)29)23(28)26-14-17-8-5-6-12-25-17/h3-13,16,21-22H,14-15H2,1-2H3,(H,26,28)/t21-,22-/m0/s1. The number of rotatable bonds is 6. The molecule has 0 radical (unpaired) electrons. The number of benzene rings is 1. The van der Waals surface area contributed by atoms with E-state index < -0.39 is 5.92 Å². The van der Waals surface area contributed by atoms with Crippen LogP contribution in [0, 0.1) is 5.92 Å². The van der Waals surface area contributed by atoms with Crippen molar-refractivity contribution >= 4 is 23.2 Å². The van der Waals surface area contributed by atoms with E-state index in [0.29, 0.717) is 24.6 Å². The first kappa shape index (κ1) is 20.3. The van der Waals surface area contributed by atoms with Gasteiger partial charge in [0.2, 0.25) is 5.91 Å². The summed E-state index contributed by atoms with van der Waals surface area (Å²) in [6.07, 6.45) is 1.72. The van der Waals surface area contributed by atoms with Gasteiger partial charge in [-0.3, -0.25) is 14.6 Å². The fraction of sp³-hybridized carbons (Fsp3) is 0.292. The number of hydrogen-bond donors (Lipinski definition) is 1. The van der Waals surface area contributed by atoms with Crippen LogP contribution in [-0.4, -0.2) is 28.2 Å². The SMILES string of the molecule is CC(C)CN1C(=O)c2ccccc2[C@H](C(=O)NCc2ccccn2)[C@@H]1c1cccs1. The minimum Gasteiger partial charge on any atom is -0.350 e. The molecule has 3 heterocycles. The van der Waals surface area contributed by atoms with Gasteiger partial charge in [-0.2, -0.15) is 0 Å². The van der Waals surface area contributed by atoms with Crippen molar-refractivity contribution < 1.29 is 9.59 Å². The lowest BCUT2D eigenvalue weighted by molar-refractivity contribution is -0.124. The number of fused-ring (bicyclic) bond motifs is 1. The van der Waals surface area contributed by atoms with Gasteiger partial charge in [-0.1, -0.05) is 44.2 Å². The van der Waals surface area contributed by atoms with Crippen molar-refractivity contribution in [3.8, 4) is 0 Å². The van der Waals surface area contributed by atoms with E-state index in [-0.39, 0.29) is 17.9 Å². The van der Waals surface area contributed by atoms with Crippen LogP contribution in [0.25, 0.3) is 0 Å². The molecular formula is C24H25N3O2S. The van der Waals surface area contributed by atoms with Gasteiger partial charge in [-0.05, 0) is 41.1 Å². The molecule has 30 heavy (non-hydrogen) atoms. The summed E-state index contributed by atoms with van der Waals surface area (Å²) in [6.45, 7) is 5.14. The second-order valence-corrected chi connectivity index (χ2v) is 8.89. The largest absolute Gasteiger partial charge is 0.350 e. The maximum atomic E-state index is 13.5. The molecule has 2 amide bonds. The fourth-order valence-electron chi connectivity index (χ4n) is 4.04. The van der Waals surface area contributed by atoms with E-state index in [2.05, 4.69) is 24.1 Å². The van der Waals surface area contributed by atoms with Crippen LogP contribution in [0.5, 0.6) is 0 Å². The molecule has 0 saturated carbocycles. The van der Waals surface area contributed by atoms with E-state index >= 15 is 0 Å². The lowest BCUT2D eigenvalue weighted by atomic mass is 9.81. The first-order valence-corrected chi connectivity index (χ1v) is 11.0. The molecule has 0 aliphatic carbocycles. The predicted molar refractivity (Wildman–Crippen MR) is 118 cm³/mol. The van der Waals surface area contributed by atoms with E-state index in [1.807, 2.05) is 64.9 Å². The van der Waals surface area contributed by atoms with Gasteiger partial charge in [-0.15, -0.1) is 11.3 Å². The summed E-state index contributed by atoms with van der Waals surface area (Å²) in [5, 5.41) is 5.05. The van der Waals surface area contributed by atoms with E-state index in [4.69, 9.17) is 0 Å². The Morgan fingerprint density at radius 3 is 2.63 bits per heavy atom. The second-order valence-electron chi connectivity index (χ2n) is 7.92. The number of carbonyl (C=O) groups excluding carboxylic acids is 2. The Kier molecular flexibility index (Phi) is 5.95. The van der Waals surface area contributed by atoms with Crippen molar-refractivity contribution in [1.29, 1.82) is 0 Å². The normalized spacial score (nSPS) is 18.4. The third kappa shape index (κ3) is 4.00. The highest BCUT2D eigenvalue weighted by Crippen LogP contribution is 2.44. The van der Waals surface area contributed by atoms with Crippen LogP contribution in [0.4, 0.5) is 0 Å². The molecule has 0 bridgehead atoms. The Morgan fingerprint density at radius 1 is 1.13 bits per heavy atom. The molecule has 5 nitrogen and oxygen atoms in total. The van der Waals surface area contributed by atoms with Crippen LogP contribution in [-0.2, 0) is 11.3 Å². The van der Waals surface area contributed by atoms with Crippen molar-refractivity contribution in [2.24, 2.45) is 5.92 Å². The molecule has 4 rings (SSSR count). The number of nitrogens with one attached hydrogen (secondary N) is 1. The van der Waals surface area contributed by atoms with E-state index in [9.17, 15) is 9.59 Å². The van der Waals surface area contributed by atoms with Crippen LogP contribution in [0.2, 0.25) is 0 Å². The minimum absolute atomic E-state index is 0.00789. The van der Waals surface area contributed by atoms with Crippen LogP contribution >= 0.6 is 11.3 Å². The highest BCUT2D eigenvalue weighted by Gasteiger charge is 2.44. The molecule has 0 spiro atoms. The highest BCUT2D eigenvalue weighted by molar-refractivity contribution is 7.10. The van der Waals surface area contributed by atoms with E-state index in [1.54, 1.807) is 17.5 Å². The van der Waals surface area contributed by atoms with Gasteiger partial charge in [-0.25, -0.2) is 0 Å². The fourth-order valence-corrected chi connectivity index (χ4v) is 4.91. The summed E-state index contributed by atoms with van der Waals surface area (Å²) in [5.41, 5.74) is 2.21. The van der Waals surface area contributed by atoms with Crippen LogP contribution < -0.4 is 5.32 Å². The molecule has 1 aliphatic rings. The quantitative estimate of drug-likeness (QED) is 0.644. The van der Waals surface area contributed by atoms with Crippen molar-refractivity contribution in [1.82, 2.24) is 15.2 Å². The highest BCUT2D eigenvalue weighted by atomic mass is 32.1. The first-order chi connectivity index (χ1) is 14.6. The maximum Gasteiger partial charge on any atom is 0.254 e. The molecule has 3 aromatic rings. The lowest BCUT2D eigenvalue weighted by Gasteiger charge is -2.42. The summed E-state index contributed by atoms with van der Waals surface area (Å²) >= 11 is 1.59. The van der Waals surface area contributed by atoms with Gasteiger partial charge in [0.05, 0.1) is 24.2 Å². The Morgan fingerprint density at radius 2 is 1.93 bits per heavy atom. The number of nitrogens with zero attached hydrogens (tertiary/aromatic N) is 2. The van der Waals surface area contributed by atoms with Gasteiger partial charge in [0.15, 0.2) is 0 Å². The van der Waals surface area contributed by atoms with Crippen LogP contribution in [0.15, 0.2) is 66.2 Å². The molecule has 6 heteroatoms. The zero-order chi connectivity index (χ0) is 21.1. The number of hydrogen-bond acceptors (Lipinski definition) is 4. The molecule has 1 aromatic carbocycles. The van der Waals surface area contributed by atoms with Crippen molar-refractivity contribution in [2.75, 3.05) is 6.54 Å². The monoisotopic (exact) mass is 419 g/mol. The maximum absolute atomic E-state index is 13.5. The molecule has 2 aromatic heterocycles. The lowest BCUT2D eigenvalue weighted by Crippen LogP contribution is -2.48. The molecule has 0 fully saturated rings. The van der Waals surface area contributed by atoms with Crippen LogP contribution in [0.1, 0.15) is 52.3 Å². The van der Waals surface area contributed by atoms with E-state index in [0.717, 1.165) is 16.1 Å². The zero-order valence-corrected chi connectivity index (χ0v) is 17.9. The van der Waals surface area contributed by atoms with E-state index in [1.165, 1.54) is 0 Å². The zero-order valence-electron chi connectivity index (χ0n) is 17.1. The Hall–Kier alpha value is -2.99.